The van der Waals surface area contributed by atoms with Crippen LogP contribution in [0.15, 0.2) is 0 Å². The molecule has 8 heavy (non-hydrogen) atoms. The normalized spacial score (nSPS) is 9.75. The largest absolute Gasteiger partial charge is 0.171 e. The summed E-state index contributed by atoms with van der Waals surface area (Å²) < 4.78 is 0. The first-order chi connectivity index (χ1) is 3.91. The van der Waals surface area contributed by atoms with Gasteiger partial charge in [-0.2, -0.15) is 11.1 Å². The second kappa shape index (κ2) is 7.51. The Labute approximate surface area is 59.1 Å². The van der Waals surface area contributed by atoms with Crippen LogP contribution in [0.1, 0.15) is 32.6 Å². The molecule has 0 N–H and O–H groups in total. The molecule has 0 heterocycles. The second-order valence-electron chi connectivity index (χ2n) is 1.94. The summed E-state index contributed by atoms with van der Waals surface area (Å²) in [6.45, 7) is 2.23. The molecule has 0 aromatic rings. The first kappa shape index (κ1) is 8.51. The zero-order valence-electron chi connectivity index (χ0n) is 5.41. The summed E-state index contributed by atoms with van der Waals surface area (Å²) in [6.07, 6.45) is 5.40. The zero-order valence-corrected chi connectivity index (χ0v) is 7.17. The van der Waals surface area contributed by atoms with Crippen molar-refractivity contribution in [2.45, 2.75) is 38.7 Å². The Bertz CT molecular complexity index is 33.5. The van der Waals surface area contributed by atoms with Crippen LogP contribution >= 0.6 is 11.1 Å². The highest BCUT2D eigenvalue weighted by atomic mass is 35.6. The minimum absolute atomic E-state index is 0.641. The summed E-state index contributed by atoms with van der Waals surface area (Å²) >= 11 is 5.51. The summed E-state index contributed by atoms with van der Waals surface area (Å²) in [7, 11) is 0.641. The quantitative estimate of drug-likeness (QED) is 0.320. The highest BCUT2D eigenvalue weighted by Crippen LogP contribution is 2.02. The van der Waals surface area contributed by atoms with Crippen LogP contribution in [-0.4, -0.2) is 8.83 Å². The van der Waals surface area contributed by atoms with E-state index >= 15 is 0 Å². The predicted molar refractivity (Wildman–Crippen MR) is 40.6 cm³/mol. The molecule has 0 saturated heterocycles. The molecule has 0 aliphatic carbocycles. The molecular weight excluding hydrogens is 136 g/mol. The molecule has 0 aromatic heterocycles. The van der Waals surface area contributed by atoms with Crippen molar-refractivity contribution in [2.24, 2.45) is 0 Å². The minimum atomic E-state index is 0.641. The topological polar surface area (TPSA) is 0 Å². The van der Waals surface area contributed by atoms with Gasteiger partial charge in [0, 0.05) is 0 Å². The Morgan fingerprint density at radius 3 is 2.50 bits per heavy atom. The Hall–Kier alpha value is 0.507. The molecule has 0 aliphatic rings. The molecule has 0 aliphatic heterocycles. The van der Waals surface area contributed by atoms with E-state index in [0.717, 1.165) is 0 Å². The van der Waals surface area contributed by atoms with E-state index in [1.165, 1.54) is 31.7 Å². The van der Waals surface area contributed by atoms with E-state index < -0.39 is 0 Å². The fraction of sp³-hybridized carbons (Fsp3) is 1.00. The Kier molecular flexibility index (Phi) is 7.98. The van der Waals surface area contributed by atoms with Gasteiger partial charge in [0.15, 0.2) is 8.83 Å². The van der Waals surface area contributed by atoms with Crippen LogP contribution in [0.25, 0.3) is 0 Å². The number of hydrogen-bond donors (Lipinski definition) is 0. The molecule has 0 fully saturated rings. The van der Waals surface area contributed by atoms with Crippen molar-refractivity contribution < 1.29 is 0 Å². The molecule has 0 saturated carbocycles. The van der Waals surface area contributed by atoms with Crippen molar-refractivity contribution in [1.82, 2.24) is 0 Å². The zero-order chi connectivity index (χ0) is 6.24. The van der Waals surface area contributed by atoms with Gasteiger partial charge in [-0.3, -0.25) is 0 Å². The monoisotopic (exact) mass is 148 g/mol. The van der Waals surface area contributed by atoms with Gasteiger partial charge < -0.3 is 0 Å². The lowest BCUT2D eigenvalue weighted by atomic mass is 10.2. The first-order valence-corrected chi connectivity index (χ1v) is 5.47. The fourth-order valence-corrected chi connectivity index (χ4v) is 1.40. The maximum atomic E-state index is 5.51. The van der Waals surface area contributed by atoms with Gasteiger partial charge in [0.2, 0.25) is 0 Å². The average molecular weight is 149 g/mol. The molecule has 0 spiro atoms. The number of unbranched alkanes of at least 4 members (excludes halogenated alkanes) is 3. The Morgan fingerprint density at radius 1 is 1.25 bits per heavy atom. The fourth-order valence-electron chi connectivity index (χ4n) is 0.619. The highest BCUT2D eigenvalue weighted by molar-refractivity contribution is 6.93. The molecule has 0 atom stereocenters. The smallest absolute Gasteiger partial charge is 0.171 e. The molecule has 2 heteroatoms. The van der Waals surface area contributed by atoms with Crippen LogP contribution in [0.2, 0.25) is 6.04 Å². The van der Waals surface area contributed by atoms with Crippen molar-refractivity contribution in [3.05, 3.63) is 0 Å². The maximum absolute atomic E-state index is 5.51. The number of hydrogen-bond acceptors (Lipinski definition) is 0. The van der Waals surface area contributed by atoms with Crippen molar-refractivity contribution in [3.63, 3.8) is 0 Å². The van der Waals surface area contributed by atoms with Crippen LogP contribution < -0.4 is 0 Å². The Balaban J connectivity index is 2.53. The van der Waals surface area contributed by atoms with E-state index in [-0.39, 0.29) is 0 Å². The summed E-state index contributed by atoms with van der Waals surface area (Å²) in [4.78, 5) is 0. The van der Waals surface area contributed by atoms with Gasteiger partial charge >= 0.3 is 0 Å². The molecule has 2 radical (unpaired) electrons. The van der Waals surface area contributed by atoms with Crippen LogP contribution in [0.3, 0.4) is 0 Å². The summed E-state index contributed by atoms with van der Waals surface area (Å²) in [6, 6.07) is 1.22. The number of rotatable bonds is 5. The van der Waals surface area contributed by atoms with Crippen LogP contribution in [0.5, 0.6) is 0 Å². The lowest BCUT2D eigenvalue weighted by Crippen LogP contribution is -1.78. The molecule has 48 valence electrons. The van der Waals surface area contributed by atoms with Crippen LogP contribution in [0.4, 0.5) is 0 Å². The van der Waals surface area contributed by atoms with E-state index in [0.29, 0.717) is 8.83 Å². The third-order valence-electron chi connectivity index (χ3n) is 1.12. The van der Waals surface area contributed by atoms with E-state index in [1.54, 1.807) is 0 Å². The van der Waals surface area contributed by atoms with Crippen LogP contribution in [0, 0.1) is 0 Å². The average Bonchev–Trinajstić information content (AvgIpc) is 1.81. The molecule has 0 rings (SSSR count). The van der Waals surface area contributed by atoms with Gasteiger partial charge in [-0.15, -0.1) is 0 Å². The lowest BCUT2D eigenvalue weighted by Gasteiger charge is -1.92. The summed E-state index contributed by atoms with van der Waals surface area (Å²) in [5.74, 6) is 0. The standard InChI is InChI=1S/C6H13ClSi/c1-2-3-4-5-6-8-7/h2-6H2,1H3. The molecule has 0 aromatic carbocycles. The third-order valence-corrected chi connectivity index (χ3v) is 2.23. The van der Waals surface area contributed by atoms with E-state index in [9.17, 15) is 0 Å². The van der Waals surface area contributed by atoms with Gasteiger partial charge in [0.25, 0.3) is 0 Å². The van der Waals surface area contributed by atoms with Crippen LogP contribution in [-0.2, 0) is 0 Å². The van der Waals surface area contributed by atoms with Crippen molar-refractivity contribution in [2.75, 3.05) is 0 Å². The van der Waals surface area contributed by atoms with Gasteiger partial charge in [-0.1, -0.05) is 32.6 Å². The van der Waals surface area contributed by atoms with E-state index in [4.69, 9.17) is 11.1 Å². The minimum Gasteiger partial charge on any atom is -0.171 e. The molecule has 0 nitrogen and oxygen atoms in total. The predicted octanol–water partition coefficient (Wildman–Crippen LogP) is 2.84. The SMILES string of the molecule is CCCCCC[Si]Cl. The van der Waals surface area contributed by atoms with Crippen molar-refractivity contribution in [1.29, 1.82) is 0 Å². The number of halogens is 1. The van der Waals surface area contributed by atoms with Gasteiger partial charge in [-0.25, -0.2) is 0 Å². The summed E-state index contributed by atoms with van der Waals surface area (Å²) in [5, 5.41) is 0. The van der Waals surface area contributed by atoms with Crippen molar-refractivity contribution >= 4 is 19.9 Å². The molecule has 0 bridgehead atoms. The van der Waals surface area contributed by atoms with E-state index in [1.807, 2.05) is 0 Å². The van der Waals surface area contributed by atoms with Gasteiger partial charge in [0.1, 0.15) is 0 Å². The summed E-state index contributed by atoms with van der Waals surface area (Å²) in [5.41, 5.74) is 0. The highest BCUT2D eigenvalue weighted by Gasteiger charge is 1.85. The lowest BCUT2D eigenvalue weighted by molar-refractivity contribution is 0.701. The maximum Gasteiger partial charge on any atom is 0.171 e. The van der Waals surface area contributed by atoms with Gasteiger partial charge in [-0.05, 0) is 6.04 Å². The third kappa shape index (κ3) is 6.51. The second-order valence-corrected chi connectivity index (χ2v) is 3.51. The van der Waals surface area contributed by atoms with E-state index in [2.05, 4.69) is 6.92 Å². The molecule has 0 unspecified atom stereocenters. The molecular formula is C6H13ClSi. The Morgan fingerprint density at radius 2 is 2.00 bits per heavy atom. The first-order valence-electron chi connectivity index (χ1n) is 3.25. The van der Waals surface area contributed by atoms with Gasteiger partial charge in [0.05, 0.1) is 0 Å². The van der Waals surface area contributed by atoms with Crippen molar-refractivity contribution in [3.8, 4) is 0 Å². The molecule has 0 amide bonds.